The predicted octanol–water partition coefficient (Wildman–Crippen LogP) is 1.60. The van der Waals surface area contributed by atoms with Crippen molar-refractivity contribution in [3.63, 3.8) is 0 Å². The van der Waals surface area contributed by atoms with Crippen LogP contribution in [0.2, 0.25) is 0 Å². The van der Waals surface area contributed by atoms with Gasteiger partial charge in [-0.1, -0.05) is 51.5 Å². The highest BCUT2D eigenvalue weighted by atomic mass is 79.9. The summed E-state index contributed by atoms with van der Waals surface area (Å²) in [5.41, 5.74) is 2.16. The van der Waals surface area contributed by atoms with E-state index >= 15 is 0 Å². The van der Waals surface area contributed by atoms with Gasteiger partial charge in [0.05, 0.1) is 28.7 Å². The maximum Gasteiger partial charge on any atom is 0.245 e. The van der Waals surface area contributed by atoms with Gasteiger partial charge in [0.25, 0.3) is 0 Å². The fraction of sp³-hybridized carbons (Fsp3) is 0.400. The van der Waals surface area contributed by atoms with Crippen LogP contribution in [0.4, 0.5) is 5.69 Å². The molecule has 192 valence electrons. The van der Waals surface area contributed by atoms with Crippen LogP contribution in [0.15, 0.2) is 54.6 Å². The quantitative estimate of drug-likeness (QED) is 0.360. The van der Waals surface area contributed by atoms with Crippen LogP contribution in [0, 0.1) is 11.8 Å². The number of thioether (sulfide) groups is 1. The molecule has 1 aromatic heterocycles. The number of carbonyl (C=O) groups is 3. The van der Waals surface area contributed by atoms with Gasteiger partial charge in [-0.25, -0.2) is 4.68 Å². The lowest BCUT2D eigenvalue weighted by Crippen LogP contribution is -2.55. The Labute approximate surface area is 225 Å². The van der Waals surface area contributed by atoms with E-state index in [4.69, 9.17) is 0 Å². The van der Waals surface area contributed by atoms with Gasteiger partial charge in [0.15, 0.2) is 0 Å². The normalized spacial score (nSPS) is 30.1. The highest BCUT2D eigenvalue weighted by Crippen LogP contribution is 2.67. The van der Waals surface area contributed by atoms with Crippen LogP contribution in [0.3, 0.4) is 0 Å². The lowest BCUT2D eigenvalue weighted by molar-refractivity contribution is -0.139. The minimum Gasteiger partial charge on any atom is -0.395 e. The Morgan fingerprint density at radius 3 is 2.68 bits per heavy atom. The molecule has 0 radical (unpaired) electrons. The van der Waals surface area contributed by atoms with Crippen LogP contribution >= 0.6 is 27.7 Å². The van der Waals surface area contributed by atoms with Crippen molar-refractivity contribution in [3.05, 3.63) is 54.6 Å². The van der Waals surface area contributed by atoms with Crippen molar-refractivity contribution >= 4 is 62.1 Å². The third-order valence-electron chi connectivity index (χ3n) is 7.55. The number of amides is 3. The van der Waals surface area contributed by atoms with Crippen molar-refractivity contribution in [1.29, 1.82) is 0 Å². The number of benzene rings is 2. The topological polar surface area (TPSA) is 129 Å². The van der Waals surface area contributed by atoms with E-state index in [1.54, 1.807) is 28.6 Å². The Bertz CT molecular complexity index is 1370. The molecule has 3 aliphatic rings. The molecular weight excluding hydrogens is 560 g/mol. The number of aromatic nitrogens is 3. The molecule has 3 N–H and O–H groups in total. The highest BCUT2D eigenvalue weighted by molar-refractivity contribution is 9.09. The molecular formula is C25H25BrN6O4S. The molecule has 2 bridgehead atoms. The summed E-state index contributed by atoms with van der Waals surface area (Å²) in [4.78, 5) is 42.4. The van der Waals surface area contributed by atoms with Gasteiger partial charge >= 0.3 is 0 Å². The van der Waals surface area contributed by atoms with Gasteiger partial charge in [-0.05, 0) is 30.7 Å². The zero-order chi connectivity index (χ0) is 25.7. The number of aliphatic hydroxyl groups excluding tert-OH is 1. The van der Waals surface area contributed by atoms with Crippen molar-refractivity contribution in [3.8, 4) is 0 Å². The number of β-amino-alcohol motifs (C(OH)–C–C–N with tert-alkyl or cyclic N) is 1. The second-order valence-electron chi connectivity index (χ2n) is 9.55. The third-order valence-corrected chi connectivity index (χ3v) is 10.8. The zero-order valence-electron chi connectivity index (χ0n) is 19.7. The average molecular weight is 585 g/mol. The Kier molecular flexibility index (Phi) is 6.20. The Morgan fingerprint density at radius 2 is 1.89 bits per heavy atom. The first kappa shape index (κ1) is 24.4. The number of fused-ring (bicyclic) bond motifs is 2. The number of nitrogens with zero attached hydrogens (tertiary/aromatic N) is 4. The number of hydrogen-bond acceptors (Lipinski definition) is 7. The number of nitrogens with one attached hydrogen (secondary N) is 2. The van der Waals surface area contributed by atoms with E-state index in [1.165, 1.54) is 4.90 Å². The van der Waals surface area contributed by atoms with E-state index in [1.807, 2.05) is 42.5 Å². The number of aliphatic hydroxyl groups is 1. The fourth-order valence-corrected chi connectivity index (χ4v) is 9.72. The summed E-state index contributed by atoms with van der Waals surface area (Å²) < 4.78 is 0.816. The number of alkyl halides is 1. The third kappa shape index (κ3) is 3.84. The molecule has 3 saturated heterocycles. The number of hydrogen-bond donors (Lipinski definition) is 3. The molecule has 6 atom stereocenters. The molecule has 3 amide bonds. The van der Waals surface area contributed by atoms with E-state index in [-0.39, 0.29) is 47.6 Å². The van der Waals surface area contributed by atoms with E-state index < -0.39 is 22.6 Å². The van der Waals surface area contributed by atoms with Crippen LogP contribution in [-0.2, 0) is 21.1 Å². The summed E-state index contributed by atoms with van der Waals surface area (Å²) in [6.45, 7) is -0.174. The maximum atomic E-state index is 13.8. The zero-order valence-corrected chi connectivity index (χ0v) is 22.1. The van der Waals surface area contributed by atoms with Gasteiger partial charge in [0.1, 0.15) is 18.2 Å². The molecule has 10 nitrogen and oxygen atoms in total. The van der Waals surface area contributed by atoms with Crippen LogP contribution < -0.4 is 10.6 Å². The fourth-order valence-electron chi connectivity index (χ4n) is 6.11. The summed E-state index contributed by atoms with van der Waals surface area (Å²) in [6.07, 6.45) is 0.570. The van der Waals surface area contributed by atoms with Gasteiger partial charge in [-0.3, -0.25) is 14.4 Å². The van der Waals surface area contributed by atoms with Gasteiger partial charge in [0, 0.05) is 22.3 Å². The molecule has 37 heavy (non-hydrogen) atoms. The molecule has 3 unspecified atom stereocenters. The number of halogens is 1. The molecule has 3 fully saturated rings. The number of anilines is 1. The summed E-state index contributed by atoms with van der Waals surface area (Å²) in [5, 5.41) is 23.7. The molecule has 3 aliphatic heterocycles. The molecule has 2 aromatic carbocycles. The first-order valence-corrected chi connectivity index (χ1v) is 13.9. The monoisotopic (exact) mass is 584 g/mol. The Morgan fingerprint density at radius 1 is 1.14 bits per heavy atom. The standard InChI is InChI=1S/C25H25BrN6O4S/c26-15-12-25-19(18(20(15)37-25)22(34)28-14-6-2-1-3-7-14)24(36)31(10-11-33)21(25)23(35)27-13-32-17-9-5-4-8-16(17)29-30-32/h1-9,15,18-21,33H,10-13H2,(H,27,35)(H,28,34)/t15?,18-,19+,20-,21?,25?/m1/s1. The van der Waals surface area contributed by atoms with Crippen molar-refractivity contribution in [1.82, 2.24) is 25.2 Å². The van der Waals surface area contributed by atoms with Crippen LogP contribution in [-0.4, -0.2) is 76.7 Å². The molecule has 1 spiro atoms. The molecule has 12 heteroatoms. The number of para-hydroxylation sites is 2. The highest BCUT2D eigenvalue weighted by Gasteiger charge is 2.75. The minimum absolute atomic E-state index is 0.0205. The second-order valence-corrected chi connectivity index (χ2v) is 12.3. The van der Waals surface area contributed by atoms with Crippen molar-refractivity contribution < 1.29 is 19.5 Å². The van der Waals surface area contributed by atoms with Gasteiger partial charge in [-0.2, -0.15) is 0 Å². The van der Waals surface area contributed by atoms with E-state index in [2.05, 4.69) is 36.9 Å². The predicted molar refractivity (Wildman–Crippen MR) is 142 cm³/mol. The smallest absolute Gasteiger partial charge is 0.245 e. The Hall–Kier alpha value is -2.96. The minimum atomic E-state index is -0.823. The molecule has 3 aromatic rings. The molecule has 0 aliphatic carbocycles. The molecule has 4 heterocycles. The average Bonchev–Trinajstić information content (AvgIpc) is 3.61. The van der Waals surface area contributed by atoms with Crippen molar-refractivity contribution in [2.45, 2.75) is 34.0 Å². The summed E-state index contributed by atoms with van der Waals surface area (Å²) in [7, 11) is 0. The lowest BCUT2D eigenvalue weighted by atomic mass is 9.70. The second kappa shape index (κ2) is 9.41. The van der Waals surface area contributed by atoms with E-state index in [9.17, 15) is 19.5 Å². The SMILES string of the molecule is O=C(NCn1nnc2ccccc21)C1N(CCO)C(=O)[C@@H]2[C@@H](C(=O)Nc3ccccc3)[C@@H]3SC12CC3Br. The van der Waals surface area contributed by atoms with E-state index in [0.717, 1.165) is 5.52 Å². The van der Waals surface area contributed by atoms with E-state index in [0.29, 0.717) is 17.6 Å². The number of rotatable bonds is 7. The van der Waals surface area contributed by atoms with Gasteiger partial charge < -0.3 is 20.6 Å². The maximum absolute atomic E-state index is 13.8. The Balaban J connectivity index is 1.29. The summed E-state index contributed by atoms with van der Waals surface area (Å²) in [5.74, 6) is -2.08. The van der Waals surface area contributed by atoms with Gasteiger partial charge in [-0.15, -0.1) is 16.9 Å². The van der Waals surface area contributed by atoms with Crippen molar-refractivity contribution in [2.75, 3.05) is 18.5 Å². The number of likely N-dealkylation sites (tertiary alicyclic amines) is 1. The van der Waals surface area contributed by atoms with Gasteiger partial charge in [0.2, 0.25) is 17.7 Å². The van der Waals surface area contributed by atoms with Crippen LogP contribution in [0.5, 0.6) is 0 Å². The van der Waals surface area contributed by atoms with Crippen LogP contribution in [0.1, 0.15) is 6.42 Å². The summed E-state index contributed by atoms with van der Waals surface area (Å²) in [6, 6.07) is 15.8. The molecule has 0 saturated carbocycles. The number of carbonyl (C=O) groups excluding carboxylic acids is 3. The molecule has 6 rings (SSSR count). The lowest BCUT2D eigenvalue weighted by Gasteiger charge is -2.35. The van der Waals surface area contributed by atoms with Crippen LogP contribution in [0.25, 0.3) is 11.0 Å². The largest absolute Gasteiger partial charge is 0.395 e. The first-order chi connectivity index (χ1) is 17.9. The first-order valence-electron chi connectivity index (χ1n) is 12.1. The van der Waals surface area contributed by atoms with Crippen molar-refractivity contribution in [2.24, 2.45) is 11.8 Å². The summed E-state index contributed by atoms with van der Waals surface area (Å²) >= 11 is 5.29.